The normalized spacial score (nSPS) is 33.0. The van der Waals surface area contributed by atoms with Crippen LogP contribution < -0.4 is 0 Å². The molecule has 3 fully saturated rings. The largest absolute Gasteiger partial charge is 0.492 e. The van der Waals surface area contributed by atoms with E-state index in [0.29, 0.717) is 40.1 Å². The number of aliphatic hydroxyl groups excluding tert-OH is 1. The molecule has 4 aliphatic heterocycles. The van der Waals surface area contributed by atoms with Crippen LogP contribution >= 0.6 is 0 Å². The summed E-state index contributed by atoms with van der Waals surface area (Å²) >= 11 is 0. The highest BCUT2D eigenvalue weighted by atomic mass is 16.6. The molecule has 0 bridgehead atoms. The molecule has 1 aromatic carbocycles. The average molecular weight is 590 g/mol. The second-order valence-electron chi connectivity index (χ2n) is 14.3. The van der Waals surface area contributed by atoms with Crippen molar-refractivity contribution >= 4 is 5.97 Å². The van der Waals surface area contributed by atoms with Crippen LogP contribution in [0.3, 0.4) is 0 Å². The average Bonchev–Trinajstić information content (AvgIpc) is 3.65. The minimum atomic E-state index is -0.372. The number of methoxy groups -OCH3 is 1. The van der Waals surface area contributed by atoms with Gasteiger partial charge in [0.25, 0.3) is 0 Å². The summed E-state index contributed by atoms with van der Waals surface area (Å²) in [6, 6.07) is 11.2. The lowest BCUT2D eigenvalue weighted by Crippen LogP contribution is -2.57. The summed E-state index contributed by atoms with van der Waals surface area (Å²) in [7, 11) is 1.58. The van der Waals surface area contributed by atoms with Crippen molar-refractivity contribution in [3.8, 4) is 0 Å². The Morgan fingerprint density at radius 2 is 1.86 bits per heavy atom. The highest BCUT2D eigenvalue weighted by Gasteiger charge is 2.51. The molecule has 6 atom stereocenters. The Hall–Kier alpha value is -2.57. The number of carbonyl (C=O) groups excluding carboxylic acids is 1. The maximum Gasteiger partial charge on any atom is 0.343 e. The molecular weight excluding hydrogens is 538 g/mol. The van der Waals surface area contributed by atoms with Gasteiger partial charge in [0.15, 0.2) is 11.5 Å². The Labute approximate surface area is 258 Å². The number of aliphatic hydroxyl groups is 1. The molecule has 2 saturated heterocycles. The fraction of sp³-hybridized carbons (Fsp3) is 0.649. The van der Waals surface area contributed by atoms with Crippen molar-refractivity contribution in [3.05, 3.63) is 70.6 Å². The third kappa shape index (κ3) is 5.70. The number of ether oxygens (including phenoxy) is 3. The molecule has 1 N–H and O–H groups in total. The number of allylic oxidation sites excluding steroid dienone is 1. The van der Waals surface area contributed by atoms with Crippen LogP contribution in [0.2, 0.25) is 0 Å². The van der Waals surface area contributed by atoms with Gasteiger partial charge < -0.3 is 19.3 Å². The van der Waals surface area contributed by atoms with Crippen molar-refractivity contribution in [2.24, 2.45) is 29.1 Å². The van der Waals surface area contributed by atoms with Crippen LogP contribution in [0.4, 0.5) is 0 Å². The summed E-state index contributed by atoms with van der Waals surface area (Å²) in [5, 5.41) is 12.0. The van der Waals surface area contributed by atoms with Gasteiger partial charge in [-0.3, -0.25) is 4.90 Å². The standard InChI is InChI=1S/C37H51NO5/c1-23(2)37(16-9-10-17-37)18-15-30(39)28-21-27(20-26-12-7-6-8-13-26)22-29-32-24(3)34(42-31(32)14-11-19-38(28)29)35-33(41-5)25(4)36(40)43-35/h6-8,12-14,23-24,27-30,32,39H,9-11,15-22H2,1-5H3/b35-34+/t24-,27+,28-,29-,30-,32+/m0/s1. The van der Waals surface area contributed by atoms with E-state index >= 15 is 0 Å². The van der Waals surface area contributed by atoms with E-state index in [1.807, 2.05) is 0 Å². The molecule has 234 valence electrons. The topological polar surface area (TPSA) is 68.2 Å². The molecule has 5 aliphatic rings. The van der Waals surface area contributed by atoms with E-state index in [0.717, 1.165) is 50.8 Å². The Morgan fingerprint density at radius 1 is 1.12 bits per heavy atom. The number of hydrogen-bond acceptors (Lipinski definition) is 6. The molecule has 4 heterocycles. The summed E-state index contributed by atoms with van der Waals surface area (Å²) in [6.07, 6.45) is 13.1. The van der Waals surface area contributed by atoms with Gasteiger partial charge in [-0.1, -0.05) is 63.9 Å². The zero-order valence-corrected chi connectivity index (χ0v) is 26.8. The summed E-state index contributed by atoms with van der Waals surface area (Å²) < 4.78 is 17.9. The monoisotopic (exact) mass is 589 g/mol. The first-order chi connectivity index (χ1) is 20.7. The Balaban J connectivity index is 1.30. The number of carbonyl (C=O) groups is 1. The summed E-state index contributed by atoms with van der Waals surface area (Å²) in [5.74, 6) is 3.49. The van der Waals surface area contributed by atoms with E-state index in [9.17, 15) is 9.90 Å². The first-order valence-corrected chi connectivity index (χ1v) is 16.8. The second kappa shape index (κ2) is 12.4. The molecule has 43 heavy (non-hydrogen) atoms. The predicted octanol–water partition coefficient (Wildman–Crippen LogP) is 7.29. The highest BCUT2D eigenvalue weighted by molar-refractivity contribution is 5.93. The van der Waals surface area contributed by atoms with Gasteiger partial charge in [0.05, 0.1) is 18.8 Å². The van der Waals surface area contributed by atoms with E-state index < -0.39 is 0 Å². The molecule has 0 aromatic heterocycles. The Bertz CT molecular complexity index is 1270. The van der Waals surface area contributed by atoms with E-state index in [1.165, 1.54) is 31.2 Å². The first kappa shape index (κ1) is 30.5. The summed E-state index contributed by atoms with van der Waals surface area (Å²) in [5.41, 5.74) is 2.23. The van der Waals surface area contributed by atoms with E-state index in [4.69, 9.17) is 14.2 Å². The Morgan fingerprint density at radius 3 is 2.56 bits per heavy atom. The Kier molecular flexibility index (Phi) is 8.81. The van der Waals surface area contributed by atoms with Crippen LogP contribution in [0.25, 0.3) is 0 Å². The number of piperidine rings is 1. The molecule has 6 rings (SSSR count). The van der Waals surface area contributed by atoms with Crippen LogP contribution in [0, 0.1) is 29.1 Å². The molecule has 0 spiro atoms. The van der Waals surface area contributed by atoms with Gasteiger partial charge in [-0.2, -0.15) is 0 Å². The van der Waals surface area contributed by atoms with Crippen molar-refractivity contribution in [1.29, 1.82) is 0 Å². The third-order valence-corrected chi connectivity index (χ3v) is 11.7. The van der Waals surface area contributed by atoms with Gasteiger partial charge in [-0.25, -0.2) is 4.79 Å². The molecule has 1 saturated carbocycles. The van der Waals surface area contributed by atoms with Gasteiger partial charge in [0, 0.05) is 30.5 Å². The molecule has 0 unspecified atom stereocenters. The van der Waals surface area contributed by atoms with Gasteiger partial charge in [-0.15, -0.1) is 0 Å². The molecule has 0 radical (unpaired) electrons. The van der Waals surface area contributed by atoms with Crippen LogP contribution in [-0.2, 0) is 25.4 Å². The fourth-order valence-corrected chi connectivity index (χ4v) is 9.19. The summed E-state index contributed by atoms with van der Waals surface area (Å²) in [6.45, 7) is 9.63. The van der Waals surface area contributed by atoms with Crippen molar-refractivity contribution < 1.29 is 24.1 Å². The minimum absolute atomic E-state index is 0.0201. The van der Waals surface area contributed by atoms with Gasteiger partial charge >= 0.3 is 5.97 Å². The lowest BCUT2D eigenvalue weighted by atomic mass is 9.70. The number of benzene rings is 1. The van der Waals surface area contributed by atoms with Crippen LogP contribution in [0.15, 0.2) is 65.0 Å². The number of rotatable bonds is 8. The highest BCUT2D eigenvalue weighted by Crippen LogP contribution is 2.52. The number of fused-ring (bicyclic) bond motifs is 3. The first-order valence-electron chi connectivity index (χ1n) is 16.8. The maximum absolute atomic E-state index is 12.5. The molecule has 1 aliphatic carbocycles. The van der Waals surface area contributed by atoms with Crippen molar-refractivity contribution in [2.75, 3.05) is 13.7 Å². The minimum Gasteiger partial charge on any atom is -0.492 e. The predicted molar refractivity (Wildman–Crippen MR) is 167 cm³/mol. The van der Waals surface area contributed by atoms with Crippen molar-refractivity contribution in [2.45, 2.75) is 110 Å². The third-order valence-electron chi connectivity index (χ3n) is 11.7. The zero-order chi connectivity index (χ0) is 30.3. The molecule has 0 amide bonds. The number of cyclic esters (lactones) is 1. The van der Waals surface area contributed by atoms with Crippen LogP contribution in [-0.4, -0.2) is 47.8 Å². The van der Waals surface area contributed by atoms with E-state index in [-0.39, 0.29) is 36.0 Å². The van der Waals surface area contributed by atoms with Crippen molar-refractivity contribution in [3.63, 3.8) is 0 Å². The van der Waals surface area contributed by atoms with E-state index in [1.54, 1.807) is 14.0 Å². The van der Waals surface area contributed by atoms with Crippen molar-refractivity contribution in [1.82, 2.24) is 4.90 Å². The van der Waals surface area contributed by atoms with Crippen LogP contribution in [0.5, 0.6) is 0 Å². The fourth-order valence-electron chi connectivity index (χ4n) is 9.19. The number of esters is 1. The lowest BCUT2D eigenvalue weighted by molar-refractivity contribution is -0.133. The smallest absolute Gasteiger partial charge is 0.343 e. The van der Waals surface area contributed by atoms with Gasteiger partial charge in [0.2, 0.25) is 5.76 Å². The second-order valence-corrected chi connectivity index (χ2v) is 14.3. The lowest BCUT2D eigenvalue weighted by Gasteiger charge is -2.49. The quantitative estimate of drug-likeness (QED) is 0.321. The molecule has 1 aromatic rings. The summed E-state index contributed by atoms with van der Waals surface area (Å²) in [4.78, 5) is 15.1. The zero-order valence-electron chi connectivity index (χ0n) is 26.8. The van der Waals surface area contributed by atoms with Gasteiger partial charge in [0.1, 0.15) is 5.76 Å². The number of nitrogens with zero attached hydrogens (tertiary/aromatic N) is 1. The molecular formula is C37H51NO5. The number of hydrogen-bond donors (Lipinski definition) is 1. The van der Waals surface area contributed by atoms with Gasteiger partial charge in [-0.05, 0) is 87.2 Å². The maximum atomic E-state index is 12.5. The van der Waals surface area contributed by atoms with Crippen LogP contribution in [0.1, 0.15) is 91.0 Å². The molecule has 6 nitrogen and oxygen atoms in total. The molecule has 6 heteroatoms. The SMILES string of the molecule is COC1=C(C)C(=O)O/C1=C1/OC2=CCCN3[C@@H](C[C@H](Cc4ccccc4)C[C@H]3[C@@H](O)CCC3(C(C)C)CCCC3)[C@H]2[C@@H]1C. The van der Waals surface area contributed by atoms with E-state index in [2.05, 4.69) is 62.1 Å².